The highest BCUT2D eigenvalue weighted by Crippen LogP contribution is 2.35. The molecule has 0 saturated carbocycles. The molecule has 1 amide bonds. The van der Waals surface area contributed by atoms with Crippen molar-refractivity contribution in [1.29, 1.82) is 0 Å². The Kier molecular flexibility index (Phi) is 7.38. The molecule has 1 saturated heterocycles. The van der Waals surface area contributed by atoms with Crippen LogP contribution in [0.15, 0.2) is 48.5 Å². The molecule has 0 spiro atoms. The Morgan fingerprint density at radius 3 is 2.61 bits per heavy atom. The minimum Gasteiger partial charge on any atom is -0.342 e. The number of likely N-dealkylation sites (tertiary alicyclic amines) is 1. The van der Waals surface area contributed by atoms with Gasteiger partial charge in [-0.3, -0.25) is 19.8 Å². The first-order chi connectivity index (χ1) is 14.7. The molecule has 2 aromatic rings. The van der Waals surface area contributed by atoms with Crippen LogP contribution in [0.2, 0.25) is 0 Å². The van der Waals surface area contributed by atoms with Gasteiger partial charge in [0.25, 0.3) is 5.69 Å². The summed E-state index contributed by atoms with van der Waals surface area (Å²) in [6, 6.07) is 13.4. The van der Waals surface area contributed by atoms with Gasteiger partial charge in [0.05, 0.1) is 4.92 Å². The maximum Gasteiger partial charge on any atom is 0.273 e. The Morgan fingerprint density at radius 2 is 1.97 bits per heavy atom. The van der Waals surface area contributed by atoms with Crippen molar-refractivity contribution in [2.24, 2.45) is 11.8 Å². The Hall–Kier alpha value is -2.80. The van der Waals surface area contributed by atoms with E-state index in [2.05, 4.69) is 18.7 Å². The fourth-order valence-corrected chi connectivity index (χ4v) is 4.51. The molecule has 0 aliphatic carbocycles. The van der Waals surface area contributed by atoms with E-state index in [1.807, 2.05) is 11.0 Å². The van der Waals surface area contributed by atoms with E-state index in [9.17, 15) is 19.3 Å². The molecule has 1 aliphatic rings. The van der Waals surface area contributed by atoms with Gasteiger partial charge in [-0.1, -0.05) is 44.2 Å². The maximum absolute atomic E-state index is 13.9. The van der Waals surface area contributed by atoms with E-state index in [4.69, 9.17) is 0 Å². The molecule has 0 bridgehead atoms. The van der Waals surface area contributed by atoms with Crippen molar-refractivity contribution < 1.29 is 14.1 Å². The number of hydrogen-bond donors (Lipinski definition) is 0. The predicted octanol–water partition coefficient (Wildman–Crippen LogP) is 4.45. The van der Waals surface area contributed by atoms with Crippen molar-refractivity contribution >= 4 is 11.6 Å². The molecule has 1 aliphatic heterocycles. The third-order valence-corrected chi connectivity index (χ3v) is 5.86. The Labute approximate surface area is 182 Å². The molecule has 0 aromatic heterocycles. The molecular formula is C24H30FN3O3. The fraction of sp³-hybridized carbons (Fsp3) is 0.458. The average Bonchev–Trinajstić information content (AvgIpc) is 3.09. The first-order valence-electron chi connectivity index (χ1n) is 10.7. The van der Waals surface area contributed by atoms with Crippen LogP contribution in [0, 0.1) is 27.8 Å². The summed E-state index contributed by atoms with van der Waals surface area (Å²) < 4.78 is 13.9. The summed E-state index contributed by atoms with van der Waals surface area (Å²) in [4.78, 5) is 27.3. The lowest BCUT2D eigenvalue weighted by atomic mass is 9.88. The summed E-state index contributed by atoms with van der Waals surface area (Å²) in [6.45, 7) is 8.80. The maximum atomic E-state index is 13.9. The predicted molar refractivity (Wildman–Crippen MR) is 118 cm³/mol. The monoisotopic (exact) mass is 427 g/mol. The van der Waals surface area contributed by atoms with Crippen LogP contribution in [0.1, 0.15) is 37.8 Å². The summed E-state index contributed by atoms with van der Waals surface area (Å²) in [6.07, 6.45) is 0. The van der Waals surface area contributed by atoms with Gasteiger partial charge in [0, 0.05) is 57.2 Å². The molecule has 1 fully saturated rings. The summed E-state index contributed by atoms with van der Waals surface area (Å²) >= 11 is 0. The Bertz CT molecular complexity index is 934. The number of nitrogens with zero attached hydrogens (tertiary/aromatic N) is 3. The minimum atomic E-state index is -0.354. The molecule has 3 rings (SSSR count). The van der Waals surface area contributed by atoms with Crippen LogP contribution < -0.4 is 0 Å². The summed E-state index contributed by atoms with van der Waals surface area (Å²) in [7, 11) is 0. The van der Waals surface area contributed by atoms with Crippen molar-refractivity contribution in [1.82, 2.24) is 9.80 Å². The van der Waals surface area contributed by atoms with Gasteiger partial charge in [0.1, 0.15) is 5.82 Å². The molecule has 2 aromatic carbocycles. The zero-order chi connectivity index (χ0) is 22.5. The van der Waals surface area contributed by atoms with Crippen LogP contribution in [0.3, 0.4) is 0 Å². The van der Waals surface area contributed by atoms with Gasteiger partial charge in [0.15, 0.2) is 0 Å². The number of nitro groups is 1. The van der Waals surface area contributed by atoms with Gasteiger partial charge in [-0.15, -0.1) is 0 Å². The van der Waals surface area contributed by atoms with Gasteiger partial charge < -0.3 is 4.90 Å². The van der Waals surface area contributed by atoms with E-state index in [0.717, 1.165) is 5.56 Å². The second-order valence-corrected chi connectivity index (χ2v) is 8.82. The molecule has 7 heteroatoms. The van der Waals surface area contributed by atoms with Crippen LogP contribution in [0.25, 0.3) is 0 Å². The molecule has 2 atom stereocenters. The summed E-state index contributed by atoms with van der Waals surface area (Å²) in [5.74, 6) is 0.267. The lowest BCUT2D eigenvalue weighted by molar-refractivity contribution is -0.385. The fourth-order valence-electron chi connectivity index (χ4n) is 4.51. The number of carbonyl (C=O) groups excluding carboxylic acids is 1. The highest BCUT2D eigenvalue weighted by molar-refractivity contribution is 5.73. The number of nitro benzene ring substituents is 1. The highest BCUT2D eigenvalue weighted by atomic mass is 19.1. The quantitative estimate of drug-likeness (QED) is 0.461. The molecule has 6 nitrogen and oxygen atoms in total. The van der Waals surface area contributed by atoms with E-state index < -0.39 is 0 Å². The van der Waals surface area contributed by atoms with E-state index in [0.29, 0.717) is 44.2 Å². The zero-order valence-corrected chi connectivity index (χ0v) is 18.3. The zero-order valence-electron chi connectivity index (χ0n) is 18.3. The Morgan fingerprint density at radius 1 is 1.23 bits per heavy atom. The second-order valence-electron chi connectivity index (χ2n) is 8.82. The average molecular weight is 428 g/mol. The van der Waals surface area contributed by atoms with Crippen LogP contribution in [0.5, 0.6) is 0 Å². The number of rotatable bonds is 8. The van der Waals surface area contributed by atoms with Crippen LogP contribution >= 0.6 is 0 Å². The normalized spacial score (nSPS) is 19.0. The minimum absolute atomic E-state index is 0.0313. The van der Waals surface area contributed by atoms with E-state index in [1.165, 1.54) is 12.1 Å². The third kappa shape index (κ3) is 5.88. The van der Waals surface area contributed by atoms with Gasteiger partial charge >= 0.3 is 0 Å². The molecule has 0 unspecified atom stereocenters. The number of benzene rings is 2. The van der Waals surface area contributed by atoms with E-state index in [1.54, 1.807) is 37.3 Å². The van der Waals surface area contributed by atoms with E-state index in [-0.39, 0.29) is 34.2 Å². The smallest absolute Gasteiger partial charge is 0.273 e. The lowest BCUT2D eigenvalue weighted by Gasteiger charge is -2.29. The first-order valence-corrected chi connectivity index (χ1v) is 10.7. The van der Waals surface area contributed by atoms with Crippen molar-refractivity contribution in [3.8, 4) is 0 Å². The van der Waals surface area contributed by atoms with Gasteiger partial charge in [-0.25, -0.2) is 4.39 Å². The van der Waals surface area contributed by atoms with Crippen molar-refractivity contribution in [3.63, 3.8) is 0 Å². The second kappa shape index (κ2) is 10.0. The van der Waals surface area contributed by atoms with Crippen molar-refractivity contribution in [2.45, 2.75) is 33.2 Å². The third-order valence-electron chi connectivity index (χ3n) is 5.86. The summed E-state index contributed by atoms with van der Waals surface area (Å²) in [5, 5.41) is 11.4. The highest BCUT2D eigenvalue weighted by Gasteiger charge is 2.36. The molecule has 31 heavy (non-hydrogen) atoms. The number of carbonyl (C=O) groups is 1. The van der Waals surface area contributed by atoms with Crippen molar-refractivity contribution in [2.75, 3.05) is 26.2 Å². The van der Waals surface area contributed by atoms with Crippen LogP contribution in [0.4, 0.5) is 10.1 Å². The van der Waals surface area contributed by atoms with Crippen molar-refractivity contribution in [3.05, 3.63) is 75.6 Å². The van der Waals surface area contributed by atoms with Gasteiger partial charge in [-0.05, 0) is 29.5 Å². The van der Waals surface area contributed by atoms with Gasteiger partial charge in [-0.2, -0.15) is 0 Å². The number of halogens is 1. The molecule has 1 heterocycles. The first kappa shape index (κ1) is 22.9. The molecule has 0 N–H and O–H groups in total. The number of hydrogen-bond acceptors (Lipinski definition) is 4. The largest absolute Gasteiger partial charge is 0.342 e. The number of para-hydroxylation sites is 1. The standard InChI is InChI=1S/C24H30FN3O3/c1-17(2)12-27(18(3)29)15-21-14-26(13-20-7-4-5-10-24(20)28(30)31)16-23(21)19-8-6-9-22(25)11-19/h4-11,17,21,23H,12-16H2,1-3H3/t21-,23+/m0/s1. The molecule has 0 radical (unpaired) electrons. The topological polar surface area (TPSA) is 66.7 Å². The Balaban J connectivity index is 1.85. The summed E-state index contributed by atoms with van der Waals surface area (Å²) in [5.41, 5.74) is 1.68. The lowest BCUT2D eigenvalue weighted by Crippen LogP contribution is -2.38. The van der Waals surface area contributed by atoms with Crippen LogP contribution in [-0.2, 0) is 11.3 Å². The van der Waals surface area contributed by atoms with Gasteiger partial charge in [0.2, 0.25) is 5.91 Å². The molecule has 166 valence electrons. The van der Waals surface area contributed by atoms with Crippen LogP contribution in [-0.4, -0.2) is 46.8 Å². The SMILES string of the molecule is CC(=O)N(CC(C)C)C[C@@H]1CN(Cc2ccccc2[N+](=O)[O-])C[C@@H]1c1cccc(F)c1. The number of amides is 1. The molecular weight excluding hydrogens is 397 g/mol. The van der Waals surface area contributed by atoms with E-state index >= 15 is 0 Å².